The summed E-state index contributed by atoms with van der Waals surface area (Å²) < 4.78 is 0. The topological polar surface area (TPSA) is 53.4 Å². The molecule has 0 atom stereocenters. The van der Waals surface area contributed by atoms with Crippen molar-refractivity contribution in [1.82, 2.24) is 4.98 Å². The Labute approximate surface area is 119 Å². The van der Waals surface area contributed by atoms with Gasteiger partial charge in [-0.2, -0.15) is 0 Å². The fourth-order valence-electron chi connectivity index (χ4n) is 2.38. The number of hydrogen-bond acceptors (Lipinski definition) is 3. The second-order valence-corrected chi connectivity index (χ2v) is 6.27. The molecule has 0 saturated carbocycles. The number of benzene rings is 1. The van der Waals surface area contributed by atoms with E-state index in [4.69, 9.17) is 0 Å². The first kappa shape index (κ1) is 14.3. The van der Waals surface area contributed by atoms with Crippen molar-refractivity contribution < 1.29 is 9.90 Å². The van der Waals surface area contributed by atoms with Gasteiger partial charge in [0.2, 0.25) is 0 Å². The lowest BCUT2D eigenvalue weighted by atomic mass is 9.96. The van der Waals surface area contributed by atoms with Crippen LogP contribution in [0, 0.1) is 5.41 Å². The van der Waals surface area contributed by atoms with Crippen LogP contribution < -0.4 is 4.90 Å². The molecule has 0 bridgehead atoms. The number of anilines is 1. The summed E-state index contributed by atoms with van der Waals surface area (Å²) in [6, 6.07) is 9.28. The predicted molar refractivity (Wildman–Crippen MR) is 81.4 cm³/mol. The molecule has 0 fully saturated rings. The molecule has 1 aromatic heterocycles. The maximum Gasteiger partial charge on any atom is 0.354 e. The molecule has 20 heavy (non-hydrogen) atoms. The lowest BCUT2D eigenvalue weighted by molar-refractivity contribution is 0.0691. The molecule has 1 aromatic carbocycles. The average molecular weight is 272 g/mol. The number of fused-ring (bicyclic) bond motifs is 1. The Morgan fingerprint density at radius 1 is 1.30 bits per heavy atom. The Hall–Kier alpha value is -2.10. The van der Waals surface area contributed by atoms with Gasteiger partial charge in [0.15, 0.2) is 5.69 Å². The van der Waals surface area contributed by atoms with Crippen molar-refractivity contribution in [3.05, 3.63) is 36.0 Å². The van der Waals surface area contributed by atoms with E-state index in [1.807, 2.05) is 31.3 Å². The Kier molecular flexibility index (Phi) is 3.66. The van der Waals surface area contributed by atoms with E-state index in [1.54, 1.807) is 6.07 Å². The minimum atomic E-state index is -0.999. The Bertz CT molecular complexity index is 644. The highest BCUT2D eigenvalue weighted by Crippen LogP contribution is 2.28. The zero-order valence-corrected chi connectivity index (χ0v) is 12.3. The van der Waals surface area contributed by atoms with Crippen molar-refractivity contribution in [2.75, 3.05) is 18.5 Å². The summed E-state index contributed by atoms with van der Waals surface area (Å²) in [6.45, 7) is 7.31. The van der Waals surface area contributed by atoms with Gasteiger partial charge in [-0.25, -0.2) is 9.78 Å². The van der Waals surface area contributed by atoms with Gasteiger partial charge in [-0.1, -0.05) is 39.0 Å². The quantitative estimate of drug-likeness (QED) is 0.930. The largest absolute Gasteiger partial charge is 0.477 e. The molecule has 1 heterocycles. The van der Waals surface area contributed by atoms with E-state index in [-0.39, 0.29) is 11.1 Å². The summed E-state index contributed by atoms with van der Waals surface area (Å²) >= 11 is 0. The SMILES string of the molecule is CN(CC(C)(C)C)c1cc(C(=O)O)nc2ccccc12. The normalized spacial score (nSPS) is 11.6. The zero-order chi connectivity index (χ0) is 14.9. The van der Waals surface area contributed by atoms with E-state index < -0.39 is 5.97 Å². The van der Waals surface area contributed by atoms with Crippen molar-refractivity contribution in [1.29, 1.82) is 0 Å². The van der Waals surface area contributed by atoms with E-state index in [9.17, 15) is 9.90 Å². The van der Waals surface area contributed by atoms with Crippen LogP contribution in [0.4, 0.5) is 5.69 Å². The molecule has 2 rings (SSSR count). The number of carbonyl (C=O) groups is 1. The van der Waals surface area contributed by atoms with Gasteiger partial charge in [-0.3, -0.25) is 0 Å². The molecule has 1 N–H and O–H groups in total. The number of rotatable bonds is 3. The first-order valence-corrected chi connectivity index (χ1v) is 6.62. The molecular weight excluding hydrogens is 252 g/mol. The fourth-order valence-corrected chi connectivity index (χ4v) is 2.38. The van der Waals surface area contributed by atoms with Crippen molar-refractivity contribution in [3.8, 4) is 0 Å². The molecular formula is C16H20N2O2. The minimum absolute atomic E-state index is 0.0828. The first-order valence-electron chi connectivity index (χ1n) is 6.62. The molecule has 0 radical (unpaired) electrons. The maximum atomic E-state index is 11.2. The molecule has 0 spiro atoms. The fraction of sp³-hybridized carbons (Fsp3) is 0.375. The number of carboxylic acid groups (broad SMARTS) is 1. The van der Waals surface area contributed by atoms with Gasteiger partial charge in [0.1, 0.15) is 0 Å². The van der Waals surface area contributed by atoms with Crippen LogP contribution in [0.2, 0.25) is 0 Å². The van der Waals surface area contributed by atoms with E-state index in [2.05, 4.69) is 30.7 Å². The Morgan fingerprint density at radius 3 is 2.55 bits per heavy atom. The van der Waals surface area contributed by atoms with E-state index >= 15 is 0 Å². The summed E-state index contributed by atoms with van der Waals surface area (Å²) in [5.41, 5.74) is 1.83. The van der Waals surface area contributed by atoms with Crippen molar-refractivity contribution >= 4 is 22.6 Å². The van der Waals surface area contributed by atoms with Crippen LogP contribution in [0.1, 0.15) is 31.3 Å². The number of aromatic carboxylic acids is 1. The Morgan fingerprint density at radius 2 is 1.95 bits per heavy atom. The van der Waals surface area contributed by atoms with E-state index in [0.717, 1.165) is 17.6 Å². The van der Waals surface area contributed by atoms with Crippen LogP contribution in [0.15, 0.2) is 30.3 Å². The molecule has 4 heteroatoms. The first-order chi connectivity index (χ1) is 9.28. The van der Waals surface area contributed by atoms with Gasteiger partial charge < -0.3 is 10.0 Å². The number of para-hydroxylation sites is 1. The van der Waals surface area contributed by atoms with Gasteiger partial charge in [-0.05, 0) is 17.5 Å². The lowest BCUT2D eigenvalue weighted by Crippen LogP contribution is -2.29. The maximum absolute atomic E-state index is 11.2. The number of hydrogen-bond donors (Lipinski definition) is 1. The van der Waals surface area contributed by atoms with Gasteiger partial charge in [0, 0.05) is 24.7 Å². The lowest BCUT2D eigenvalue weighted by Gasteiger charge is -2.29. The molecule has 0 aliphatic carbocycles. The van der Waals surface area contributed by atoms with Gasteiger partial charge in [-0.15, -0.1) is 0 Å². The summed E-state index contributed by atoms with van der Waals surface area (Å²) in [5, 5.41) is 10.2. The third-order valence-electron chi connectivity index (χ3n) is 3.04. The molecule has 0 saturated heterocycles. The summed E-state index contributed by atoms with van der Waals surface area (Å²) in [6.07, 6.45) is 0. The molecule has 0 unspecified atom stereocenters. The number of carboxylic acids is 1. The highest BCUT2D eigenvalue weighted by atomic mass is 16.4. The standard InChI is InChI=1S/C16H20N2O2/c1-16(2,3)10-18(4)14-9-13(15(19)20)17-12-8-6-5-7-11(12)14/h5-9H,10H2,1-4H3,(H,19,20). The van der Waals surface area contributed by atoms with Crippen LogP contribution in [0.25, 0.3) is 10.9 Å². The second-order valence-electron chi connectivity index (χ2n) is 6.27. The third-order valence-corrected chi connectivity index (χ3v) is 3.04. The number of aromatic nitrogens is 1. The molecule has 4 nitrogen and oxygen atoms in total. The average Bonchev–Trinajstić information content (AvgIpc) is 2.35. The van der Waals surface area contributed by atoms with Gasteiger partial charge in [0.25, 0.3) is 0 Å². The monoisotopic (exact) mass is 272 g/mol. The van der Waals surface area contributed by atoms with Gasteiger partial charge >= 0.3 is 5.97 Å². The molecule has 2 aromatic rings. The highest BCUT2D eigenvalue weighted by molar-refractivity contribution is 5.97. The van der Waals surface area contributed by atoms with Crippen LogP contribution in [-0.2, 0) is 0 Å². The summed E-state index contributed by atoms with van der Waals surface area (Å²) in [5.74, 6) is -0.999. The molecule has 0 aliphatic heterocycles. The molecule has 0 amide bonds. The third kappa shape index (κ3) is 3.07. The Balaban J connectivity index is 2.57. The van der Waals surface area contributed by atoms with Crippen LogP contribution in [0.3, 0.4) is 0 Å². The van der Waals surface area contributed by atoms with E-state index in [0.29, 0.717) is 5.52 Å². The van der Waals surface area contributed by atoms with Crippen molar-refractivity contribution in [2.24, 2.45) is 5.41 Å². The van der Waals surface area contributed by atoms with Crippen molar-refractivity contribution in [3.63, 3.8) is 0 Å². The molecule has 0 aliphatic rings. The number of pyridine rings is 1. The van der Waals surface area contributed by atoms with E-state index in [1.165, 1.54) is 0 Å². The highest BCUT2D eigenvalue weighted by Gasteiger charge is 2.18. The van der Waals surface area contributed by atoms with Gasteiger partial charge in [0.05, 0.1) is 5.52 Å². The molecule has 106 valence electrons. The predicted octanol–water partition coefficient (Wildman–Crippen LogP) is 3.42. The summed E-state index contributed by atoms with van der Waals surface area (Å²) in [7, 11) is 1.98. The van der Waals surface area contributed by atoms with Crippen LogP contribution in [0.5, 0.6) is 0 Å². The van der Waals surface area contributed by atoms with Crippen LogP contribution in [-0.4, -0.2) is 29.7 Å². The second kappa shape index (κ2) is 5.12. The smallest absolute Gasteiger partial charge is 0.354 e. The van der Waals surface area contributed by atoms with Crippen molar-refractivity contribution in [2.45, 2.75) is 20.8 Å². The summed E-state index contributed by atoms with van der Waals surface area (Å²) in [4.78, 5) is 17.5. The zero-order valence-electron chi connectivity index (χ0n) is 12.3. The number of nitrogens with zero attached hydrogens (tertiary/aromatic N) is 2. The van der Waals surface area contributed by atoms with Crippen LogP contribution >= 0.6 is 0 Å². The minimum Gasteiger partial charge on any atom is -0.477 e.